The second kappa shape index (κ2) is 7.88. The van der Waals surface area contributed by atoms with Crippen molar-refractivity contribution in [3.63, 3.8) is 0 Å². The summed E-state index contributed by atoms with van der Waals surface area (Å²) in [5.41, 5.74) is 1.26. The van der Waals surface area contributed by atoms with Gasteiger partial charge < -0.3 is 4.74 Å². The maximum Gasteiger partial charge on any atom is 0.273 e. The number of ketones is 1. The van der Waals surface area contributed by atoms with Crippen LogP contribution in [0.15, 0.2) is 48.0 Å². The van der Waals surface area contributed by atoms with E-state index in [1.807, 2.05) is 13.0 Å². The Bertz CT molecular complexity index is 877. The molecule has 0 spiro atoms. The van der Waals surface area contributed by atoms with E-state index < -0.39 is 10.7 Å². The van der Waals surface area contributed by atoms with Crippen molar-refractivity contribution in [2.24, 2.45) is 0 Å². The Morgan fingerprint density at radius 3 is 2.48 bits per heavy atom. The Labute approximate surface area is 145 Å². The summed E-state index contributed by atoms with van der Waals surface area (Å²) >= 11 is 0. The first-order chi connectivity index (χ1) is 12.0. The molecule has 0 saturated carbocycles. The van der Waals surface area contributed by atoms with Gasteiger partial charge in [-0.25, -0.2) is 0 Å². The lowest BCUT2D eigenvalue weighted by Crippen LogP contribution is -2.02. The third-order valence-corrected chi connectivity index (χ3v) is 3.72. The maximum absolute atomic E-state index is 12.5. The number of aryl methyl sites for hydroxylation is 1. The second-order valence-corrected chi connectivity index (χ2v) is 5.23. The predicted molar refractivity (Wildman–Crippen MR) is 93.4 cm³/mol. The number of nitro benzene ring substituents is 1. The number of allylic oxidation sites excluding steroid dienone is 1. The average Bonchev–Trinajstić information content (AvgIpc) is 2.65. The monoisotopic (exact) mass is 336 g/mol. The molecule has 0 unspecified atom stereocenters. The first-order valence-corrected chi connectivity index (χ1v) is 7.58. The number of hydrogen-bond donors (Lipinski definition) is 0. The minimum Gasteiger partial charge on any atom is -0.497 e. The van der Waals surface area contributed by atoms with Gasteiger partial charge in [0, 0.05) is 17.2 Å². The van der Waals surface area contributed by atoms with Crippen LogP contribution in [0.3, 0.4) is 0 Å². The van der Waals surface area contributed by atoms with E-state index in [0.717, 1.165) is 0 Å². The quantitative estimate of drug-likeness (QED) is 0.262. The van der Waals surface area contributed by atoms with Crippen molar-refractivity contribution in [3.05, 3.63) is 74.8 Å². The standard InChI is InChI=1S/C19H16N2O4/c1-3-14-5-4-13(11-18(14)21(23)24)10-16(12-20)19(22)15-6-8-17(25-2)9-7-15/h4-11H,3H2,1-2H3/b16-10+. The van der Waals surface area contributed by atoms with Crippen LogP contribution in [0.5, 0.6) is 5.75 Å². The molecular weight excluding hydrogens is 320 g/mol. The number of nitriles is 1. The van der Waals surface area contributed by atoms with Crippen LogP contribution in [0, 0.1) is 21.4 Å². The summed E-state index contributed by atoms with van der Waals surface area (Å²) in [4.78, 5) is 23.1. The molecular formula is C19H16N2O4. The number of Topliss-reactive ketones (excluding diaryl/α,β-unsaturated/α-hetero) is 1. The molecule has 25 heavy (non-hydrogen) atoms. The van der Waals surface area contributed by atoms with Gasteiger partial charge in [0.15, 0.2) is 0 Å². The van der Waals surface area contributed by atoms with Crippen LogP contribution >= 0.6 is 0 Å². The van der Waals surface area contributed by atoms with Crippen molar-refractivity contribution in [2.45, 2.75) is 13.3 Å². The number of nitrogens with zero attached hydrogens (tertiary/aromatic N) is 2. The molecule has 0 aliphatic rings. The zero-order chi connectivity index (χ0) is 18.4. The van der Waals surface area contributed by atoms with Gasteiger partial charge in [-0.3, -0.25) is 14.9 Å². The number of hydrogen-bond acceptors (Lipinski definition) is 5. The first kappa shape index (κ1) is 17.9. The highest BCUT2D eigenvalue weighted by atomic mass is 16.6. The SMILES string of the molecule is CCc1ccc(/C=C(\C#N)C(=O)c2ccc(OC)cc2)cc1[N+](=O)[O-]. The van der Waals surface area contributed by atoms with Gasteiger partial charge in [0.1, 0.15) is 17.4 Å². The summed E-state index contributed by atoms with van der Waals surface area (Å²) in [5, 5.41) is 20.4. The number of methoxy groups -OCH3 is 1. The highest BCUT2D eigenvalue weighted by Gasteiger charge is 2.15. The summed E-state index contributed by atoms with van der Waals surface area (Å²) in [5.74, 6) is 0.150. The average molecular weight is 336 g/mol. The van der Waals surface area contributed by atoms with E-state index >= 15 is 0 Å². The number of ether oxygens (including phenoxy) is 1. The van der Waals surface area contributed by atoms with E-state index in [2.05, 4.69) is 0 Å². The lowest BCUT2D eigenvalue weighted by Gasteiger charge is -2.04. The number of benzene rings is 2. The molecule has 0 atom stereocenters. The molecule has 6 nitrogen and oxygen atoms in total. The van der Waals surface area contributed by atoms with Crippen LogP contribution < -0.4 is 4.74 Å². The summed E-state index contributed by atoms with van der Waals surface area (Å²) < 4.78 is 5.03. The van der Waals surface area contributed by atoms with Crippen LogP contribution in [-0.2, 0) is 6.42 Å². The molecule has 126 valence electrons. The van der Waals surface area contributed by atoms with Crippen LogP contribution in [0.4, 0.5) is 5.69 Å². The Balaban J connectivity index is 2.39. The van der Waals surface area contributed by atoms with Gasteiger partial charge >= 0.3 is 0 Å². The predicted octanol–water partition coefficient (Wildman–Crippen LogP) is 3.96. The van der Waals surface area contributed by atoms with Gasteiger partial charge in [-0.15, -0.1) is 0 Å². The van der Waals surface area contributed by atoms with E-state index in [-0.39, 0.29) is 11.3 Å². The van der Waals surface area contributed by atoms with Crippen molar-refractivity contribution in [2.75, 3.05) is 7.11 Å². The van der Waals surface area contributed by atoms with E-state index in [0.29, 0.717) is 28.9 Å². The highest BCUT2D eigenvalue weighted by Crippen LogP contribution is 2.23. The van der Waals surface area contributed by atoms with Gasteiger partial charge in [0.2, 0.25) is 5.78 Å². The number of carbonyl (C=O) groups excluding carboxylic acids is 1. The summed E-state index contributed by atoms with van der Waals surface area (Å²) in [6.07, 6.45) is 1.88. The number of nitro groups is 1. The fourth-order valence-corrected chi connectivity index (χ4v) is 2.35. The number of carbonyl (C=O) groups is 1. The van der Waals surface area contributed by atoms with Crippen molar-refractivity contribution < 1.29 is 14.5 Å². The largest absolute Gasteiger partial charge is 0.497 e. The second-order valence-electron chi connectivity index (χ2n) is 5.23. The van der Waals surface area contributed by atoms with E-state index in [1.165, 1.54) is 19.3 Å². The van der Waals surface area contributed by atoms with E-state index in [1.54, 1.807) is 36.4 Å². The van der Waals surface area contributed by atoms with Gasteiger partial charge in [0.05, 0.1) is 12.0 Å². The highest BCUT2D eigenvalue weighted by molar-refractivity contribution is 6.14. The van der Waals surface area contributed by atoms with Gasteiger partial charge in [-0.1, -0.05) is 19.1 Å². The minimum absolute atomic E-state index is 0.0227. The van der Waals surface area contributed by atoms with Crippen LogP contribution in [0.1, 0.15) is 28.4 Å². The Kier molecular flexibility index (Phi) is 5.64. The molecule has 0 radical (unpaired) electrons. The molecule has 0 aliphatic heterocycles. The normalized spacial score (nSPS) is 10.8. The third kappa shape index (κ3) is 4.09. The van der Waals surface area contributed by atoms with Gasteiger partial charge in [-0.05, 0) is 42.3 Å². The fourth-order valence-electron chi connectivity index (χ4n) is 2.35. The molecule has 0 bridgehead atoms. The minimum atomic E-state index is -0.465. The van der Waals surface area contributed by atoms with E-state index in [4.69, 9.17) is 4.74 Å². The topological polar surface area (TPSA) is 93.2 Å². The molecule has 2 aromatic carbocycles. The molecule has 0 saturated heterocycles. The third-order valence-electron chi connectivity index (χ3n) is 3.72. The number of rotatable bonds is 6. The van der Waals surface area contributed by atoms with E-state index in [9.17, 15) is 20.2 Å². The maximum atomic E-state index is 12.5. The fraction of sp³-hybridized carbons (Fsp3) is 0.158. The molecule has 2 aromatic rings. The smallest absolute Gasteiger partial charge is 0.273 e. The van der Waals surface area contributed by atoms with Crippen molar-refractivity contribution in [1.29, 1.82) is 5.26 Å². The Morgan fingerprint density at radius 1 is 1.28 bits per heavy atom. The molecule has 0 amide bonds. The lowest BCUT2D eigenvalue weighted by atomic mass is 10.0. The lowest BCUT2D eigenvalue weighted by molar-refractivity contribution is -0.385. The van der Waals surface area contributed by atoms with Crippen molar-refractivity contribution in [3.8, 4) is 11.8 Å². The summed E-state index contributed by atoms with van der Waals surface area (Å²) in [6, 6.07) is 12.9. The molecule has 0 heterocycles. The van der Waals surface area contributed by atoms with Crippen LogP contribution in [0.2, 0.25) is 0 Å². The Hall–Kier alpha value is -3.46. The molecule has 0 aromatic heterocycles. The molecule has 0 N–H and O–H groups in total. The molecule has 6 heteroatoms. The molecule has 0 aliphatic carbocycles. The van der Waals surface area contributed by atoms with Gasteiger partial charge in [0.25, 0.3) is 5.69 Å². The molecule has 2 rings (SSSR count). The summed E-state index contributed by atoms with van der Waals surface area (Å²) in [6.45, 7) is 1.83. The Morgan fingerprint density at radius 2 is 1.96 bits per heavy atom. The van der Waals surface area contributed by atoms with Crippen molar-refractivity contribution in [1.82, 2.24) is 0 Å². The molecule has 0 fully saturated rings. The van der Waals surface area contributed by atoms with Crippen LogP contribution in [-0.4, -0.2) is 17.8 Å². The van der Waals surface area contributed by atoms with Crippen molar-refractivity contribution >= 4 is 17.5 Å². The van der Waals surface area contributed by atoms with Crippen LogP contribution in [0.25, 0.3) is 6.08 Å². The van der Waals surface area contributed by atoms with Gasteiger partial charge in [-0.2, -0.15) is 5.26 Å². The zero-order valence-corrected chi connectivity index (χ0v) is 13.9. The zero-order valence-electron chi connectivity index (χ0n) is 13.9. The first-order valence-electron chi connectivity index (χ1n) is 7.58. The summed E-state index contributed by atoms with van der Waals surface area (Å²) in [7, 11) is 1.52.